The van der Waals surface area contributed by atoms with Crippen LogP contribution in [0.1, 0.15) is 10.4 Å². The van der Waals surface area contributed by atoms with E-state index >= 15 is 0 Å². The lowest BCUT2D eigenvalue weighted by molar-refractivity contribution is -0.122. The Bertz CT molecular complexity index is 908. The van der Waals surface area contributed by atoms with Gasteiger partial charge in [0.15, 0.2) is 10.9 Å². The standard InChI is InChI=1S/C18H11ClN2O3S/c19-12-6-8-13(9-7-12)21-17(24)14(16(23)20-18(21)25)10-15(22)11-4-2-1-3-5-11/h1-10H,(H,20,23,25)/b14-10-. The molecule has 124 valence electrons. The van der Waals surface area contributed by atoms with Gasteiger partial charge in [-0.3, -0.25) is 24.6 Å². The number of thiocarbonyl (C=S) groups is 1. The third-order valence-corrected chi connectivity index (χ3v) is 4.06. The van der Waals surface area contributed by atoms with Crippen molar-refractivity contribution in [2.24, 2.45) is 0 Å². The molecule has 0 aromatic heterocycles. The van der Waals surface area contributed by atoms with Crippen LogP contribution >= 0.6 is 23.8 Å². The van der Waals surface area contributed by atoms with Gasteiger partial charge in [0.25, 0.3) is 11.8 Å². The SMILES string of the molecule is O=C1NC(=S)N(c2ccc(Cl)cc2)C(=O)/C1=C\C(=O)c1ccccc1. The summed E-state index contributed by atoms with van der Waals surface area (Å²) in [6.45, 7) is 0. The fraction of sp³-hybridized carbons (Fsp3) is 0. The van der Waals surface area contributed by atoms with E-state index in [1.165, 1.54) is 0 Å². The molecule has 0 unspecified atom stereocenters. The third-order valence-electron chi connectivity index (χ3n) is 3.52. The normalized spacial score (nSPS) is 16.1. The van der Waals surface area contributed by atoms with Gasteiger partial charge in [0, 0.05) is 16.7 Å². The number of carbonyl (C=O) groups is 3. The van der Waals surface area contributed by atoms with Crippen LogP contribution in [0, 0.1) is 0 Å². The number of hydrogen-bond acceptors (Lipinski definition) is 4. The first kappa shape index (κ1) is 17.0. The second-order valence-electron chi connectivity index (χ2n) is 5.16. The minimum absolute atomic E-state index is 0.0540. The first-order valence-electron chi connectivity index (χ1n) is 7.24. The van der Waals surface area contributed by atoms with Crippen molar-refractivity contribution in [2.75, 3.05) is 4.90 Å². The van der Waals surface area contributed by atoms with Gasteiger partial charge in [-0.25, -0.2) is 0 Å². The number of hydrogen-bond donors (Lipinski definition) is 1. The highest BCUT2D eigenvalue weighted by Gasteiger charge is 2.35. The topological polar surface area (TPSA) is 66.5 Å². The first-order chi connectivity index (χ1) is 12.0. The number of ketones is 1. The summed E-state index contributed by atoms with van der Waals surface area (Å²) >= 11 is 10.9. The Morgan fingerprint density at radius 2 is 1.68 bits per heavy atom. The second-order valence-corrected chi connectivity index (χ2v) is 5.99. The van der Waals surface area contributed by atoms with Crippen molar-refractivity contribution in [1.29, 1.82) is 0 Å². The van der Waals surface area contributed by atoms with Crippen LogP contribution in [-0.4, -0.2) is 22.7 Å². The molecular formula is C18H11ClN2O3S. The predicted molar refractivity (Wildman–Crippen MR) is 98.5 cm³/mol. The maximum absolute atomic E-state index is 12.7. The predicted octanol–water partition coefficient (Wildman–Crippen LogP) is 2.90. The summed E-state index contributed by atoms with van der Waals surface area (Å²) in [5.41, 5.74) is 0.539. The third kappa shape index (κ3) is 3.50. The smallest absolute Gasteiger partial charge is 0.270 e. The van der Waals surface area contributed by atoms with E-state index in [1.807, 2.05) is 0 Å². The Kier molecular flexibility index (Phi) is 4.74. The molecule has 0 radical (unpaired) electrons. The van der Waals surface area contributed by atoms with Gasteiger partial charge in [0.1, 0.15) is 5.57 Å². The molecule has 7 heteroatoms. The van der Waals surface area contributed by atoms with Crippen LogP contribution in [0.25, 0.3) is 0 Å². The summed E-state index contributed by atoms with van der Waals surface area (Å²) in [7, 11) is 0. The fourth-order valence-corrected chi connectivity index (χ4v) is 2.71. The van der Waals surface area contributed by atoms with Crippen LogP contribution < -0.4 is 10.2 Å². The van der Waals surface area contributed by atoms with Gasteiger partial charge in [0.05, 0.1) is 5.69 Å². The van der Waals surface area contributed by atoms with Crippen LogP contribution in [-0.2, 0) is 9.59 Å². The molecular weight excluding hydrogens is 360 g/mol. The van der Waals surface area contributed by atoms with Crippen LogP contribution in [0.2, 0.25) is 5.02 Å². The second kappa shape index (κ2) is 6.96. The molecule has 1 fully saturated rings. The van der Waals surface area contributed by atoms with Crippen molar-refractivity contribution >= 4 is 52.2 Å². The van der Waals surface area contributed by atoms with Crippen molar-refractivity contribution in [1.82, 2.24) is 5.32 Å². The van der Waals surface area contributed by atoms with E-state index in [-0.39, 0.29) is 10.7 Å². The molecule has 25 heavy (non-hydrogen) atoms. The average Bonchev–Trinajstić information content (AvgIpc) is 2.60. The number of halogens is 1. The summed E-state index contributed by atoms with van der Waals surface area (Å²) < 4.78 is 0. The van der Waals surface area contributed by atoms with E-state index in [9.17, 15) is 14.4 Å². The lowest BCUT2D eigenvalue weighted by Gasteiger charge is -2.28. The number of nitrogens with zero attached hydrogens (tertiary/aromatic N) is 1. The highest BCUT2D eigenvalue weighted by Crippen LogP contribution is 2.22. The Morgan fingerprint density at radius 3 is 2.32 bits per heavy atom. The number of anilines is 1. The minimum atomic E-state index is -0.704. The average molecular weight is 371 g/mol. The number of rotatable bonds is 3. The molecule has 5 nitrogen and oxygen atoms in total. The zero-order valence-corrected chi connectivity index (χ0v) is 14.3. The highest BCUT2D eigenvalue weighted by molar-refractivity contribution is 7.80. The van der Waals surface area contributed by atoms with Gasteiger partial charge in [-0.15, -0.1) is 0 Å². The largest absolute Gasteiger partial charge is 0.298 e. The first-order valence-corrected chi connectivity index (χ1v) is 8.02. The molecule has 1 aliphatic heterocycles. The molecule has 1 heterocycles. The molecule has 0 bridgehead atoms. The Morgan fingerprint density at radius 1 is 1.04 bits per heavy atom. The number of allylic oxidation sites excluding steroid dienone is 1. The van der Waals surface area contributed by atoms with Crippen molar-refractivity contribution in [3.63, 3.8) is 0 Å². The summed E-state index contributed by atoms with van der Waals surface area (Å²) in [4.78, 5) is 38.3. The van der Waals surface area contributed by atoms with Crippen molar-refractivity contribution in [3.8, 4) is 0 Å². The molecule has 3 rings (SSSR count). The zero-order chi connectivity index (χ0) is 18.0. The monoisotopic (exact) mass is 370 g/mol. The lowest BCUT2D eigenvalue weighted by Crippen LogP contribution is -2.54. The quantitative estimate of drug-likeness (QED) is 0.390. The van der Waals surface area contributed by atoms with E-state index in [1.54, 1.807) is 54.6 Å². The summed E-state index contributed by atoms with van der Waals surface area (Å²) in [6, 6.07) is 14.8. The van der Waals surface area contributed by atoms with Gasteiger partial charge in [-0.1, -0.05) is 41.9 Å². The molecule has 2 aromatic carbocycles. The maximum Gasteiger partial charge on any atom is 0.270 e. The van der Waals surface area contributed by atoms with E-state index < -0.39 is 17.6 Å². The van der Waals surface area contributed by atoms with Crippen LogP contribution in [0.3, 0.4) is 0 Å². The van der Waals surface area contributed by atoms with E-state index in [0.717, 1.165) is 11.0 Å². The highest BCUT2D eigenvalue weighted by atomic mass is 35.5. The van der Waals surface area contributed by atoms with Crippen molar-refractivity contribution < 1.29 is 14.4 Å². The number of carbonyl (C=O) groups excluding carboxylic acids is 3. The van der Waals surface area contributed by atoms with E-state index in [4.69, 9.17) is 23.8 Å². The Hall–Kier alpha value is -2.83. The summed E-state index contributed by atoms with van der Waals surface area (Å²) in [6.07, 6.45) is 1.03. The zero-order valence-electron chi connectivity index (χ0n) is 12.7. The number of amides is 2. The van der Waals surface area contributed by atoms with Crippen molar-refractivity contribution in [2.45, 2.75) is 0 Å². The number of nitrogens with one attached hydrogen (secondary N) is 1. The van der Waals surface area contributed by atoms with Crippen molar-refractivity contribution in [3.05, 3.63) is 76.8 Å². The van der Waals surface area contributed by atoms with Crippen LogP contribution in [0.5, 0.6) is 0 Å². The van der Waals surface area contributed by atoms with Crippen LogP contribution in [0.15, 0.2) is 66.2 Å². The minimum Gasteiger partial charge on any atom is -0.298 e. The molecule has 0 aliphatic carbocycles. The molecule has 1 saturated heterocycles. The Balaban J connectivity index is 1.97. The lowest BCUT2D eigenvalue weighted by atomic mass is 10.1. The summed E-state index contributed by atoms with van der Waals surface area (Å²) in [5, 5.41) is 2.87. The van der Waals surface area contributed by atoms with Gasteiger partial charge in [0.2, 0.25) is 0 Å². The van der Waals surface area contributed by atoms with E-state index in [2.05, 4.69) is 5.32 Å². The van der Waals surface area contributed by atoms with Crippen LogP contribution in [0.4, 0.5) is 5.69 Å². The molecule has 0 spiro atoms. The number of benzene rings is 2. The molecule has 1 N–H and O–H groups in total. The molecule has 1 aliphatic rings. The van der Waals surface area contributed by atoms with Gasteiger partial charge in [-0.2, -0.15) is 0 Å². The molecule has 0 saturated carbocycles. The van der Waals surface area contributed by atoms with Gasteiger partial charge in [-0.05, 0) is 36.5 Å². The molecule has 2 aromatic rings. The van der Waals surface area contributed by atoms with Gasteiger partial charge < -0.3 is 0 Å². The van der Waals surface area contributed by atoms with E-state index in [0.29, 0.717) is 16.3 Å². The summed E-state index contributed by atoms with van der Waals surface area (Å²) in [5.74, 6) is -1.81. The Labute approximate surface area is 153 Å². The molecule has 0 atom stereocenters. The fourth-order valence-electron chi connectivity index (χ4n) is 2.30. The van der Waals surface area contributed by atoms with Gasteiger partial charge >= 0.3 is 0 Å². The molecule has 2 amide bonds. The maximum atomic E-state index is 12.7.